The van der Waals surface area contributed by atoms with Gasteiger partial charge in [-0.25, -0.2) is 9.78 Å². The molecule has 2 heterocycles. The first-order valence-electron chi connectivity index (χ1n) is 9.20. The Hall–Kier alpha value is -3.10. The standard InChI is InChI=1S/C21H19N3O4S/c1-2-10-6-13-15(4-3-5-16(13)24-21(22)29)23-18(10)11-7-12-14(17(25)8-11)9-28-20(27)19(12)26/h3-7,19,26H,2,8-9H2,1H3,(H3,22,24,29). The van der Waals surface area contributed by atoms with Gasteiger partial charge in [0.2, 0.25) is 0 Å². The van der Waals surface area contributed by atoms with Crippen LogP contribution in [-0.2, 0) is 20.7 Å². The molecule has 7 nitrogen and oxygen atoms in total. The number of carbonyl (C=O) groups is 2. The van der Waals surface area contributed by atoms with Gasteiger partial charge in [-0.2, -0.15) is 0 Å². The predicted octanol–water partition coefficient (Wildman–Crippen LogP) is 2.02. The minimum absolute atomic E-state index is 0.104. The number of fused-ring (bicyclic) bond motifs is 1. The molecule has 1 aliphatic carbocycles. The van der Waals surface area contributed by atoms with E-state index in [0.29, 0.717) is 28.8 Å². The first-order valence-corrected chi connectivity index (χ1v) is 9.60. The Labute approximate surface area is 172 Å². The van der Waals surface area contributed by atoms with Gasteiger partial charge in [0.25, 0.3) is 0 Å². The van der Waals surface area contributed by atoms with Crippen molar-refractivity contribution in [3.63, 3.8) is 0 Å². The van der Waals surface area contributed by atoms with Gasteiger partial charge in [0.1, 0.15) is 6.61 Å². The normalized spacial score (nSPS) is 19.0. The molecule has 4 N–H and O–H groups in total. The number of nitrogens with zero attached hydrogens (tertiary/aromatic N) is 1. The van der Waals surface area contributed by atoms with E-state index in [0.717, 1.165) is 22.2 Å². The molecule has 29 heavy (non-hydrogen) atoms. The number of aromatic nitrogens is 1. The summed E-state index contributed by atoms with van der Waals surface area (Å²) in [6.45, 7) is 1.90. The number of carbonyl (C=O) groups excluding carboxylic acids is 2. The molecule has 1 aliphatic heterocycles. The van der Waals surface area contributed by atoms with Crippen LogP contribution in [0.1, 0.15) is 24.6 Å². The number of nitrogens with one attached hydrogen (secondary N) is 1. The van der Waals surface area contributed by atoms with Gasteiger partial charge in [-0.3, -0.25) is 4.79 Å². The number of Topliss-reactive ketones (excluding diaryl/α,β-unsaturated/α-hetero) is 1. The van der Waals surface area contributed by atoms with Gasteiger partial charge in [0, 0.05) is 28.6 Å². The van der Waals surface area contributed by atoms with Crippen LogP contribution in [0.3, 0.4) is 0 Å². The Kier molecular flexibility index (Phi) is 4.89. The Morgan fingerprint density at radius 3 is 2.93 bits per heavy atom. The molecule has 2 aliphatic rings. The highest BCUT2D eigenvalue weighted by molar-refractivity contribution is 7.80. The third kappa shape index (κ3) is 3.41. The molecule has 0 saturated carbocycles. The van der Waals surface area contributed by atoms with Crippen LogP contribution in [0.2, 0.25) is 0 Å². The molecule has 148 valence electrons. The van der Waals surface area contributed by atoms with Crippen LogP contribution in [0.25, 0.3) is 16.5 Å². The summed E-state index contributed by atoms with van der Waals surface area (Å²) in [5, 5.41) is 14.2. The number of esters is 1. The molecule has 0 bridgehead atoms. The van der Waals surface area contributed by atoms with Crippen molar-refractivity contribution in [2.45, 2.75) is 25.9 Å². The number of anilines is 1. The van der Waals surface area contributed by atoms with Gasteiger partial charge in [0.15, 0.2) is 17.0 Å². The monoisotopic (exact) mass is 409 g/mol. The number of aryl methyl sites for hydroxylation is 1. The topological polar surface area (TPSA) is 115 Å². The number of pyridine rings is 1. The zero-order valence-electron chi connectivity index (χ0n) is 15.7. The van der Waals surface area contributed by atoms with Crippen molar-refractivity contribution < 1.29 is 19.4 Å². The average molecular weight is 409 g/mol. The van der Waals surface area contributed by atoms with Crippen molar-refractivity contribution in [2.24, 2.45) is 5.73 Å². The van der Waals surface area contributed by atoms with Gasteiger partial charge in [0.05, 0.1) is 11.2 Å². The van der Waals surface area contributed by atoms with Crippen LogP contribution in [0.15, 0.2) is 41.5 Å². The van der Waals surface area contributed by atoms with Crippen molar-refractivity contribution in [3.8, 4) is 0 Å². The van der Waals surface area contributed by atoms with Crippen LogP contribution in [0.4, 0.5) is 5.69 Å². The Morgan fingerprint density at radius 1 is 1.41 bits per heavy atom. The van der Waals surface area contributed by atoms with E-state index in [1.54, 1.807) is 6.08 Å². The number of ketones is 1. The van der Waals surface area contributed by atoms with Crippen LogP contribution in [0, 0.1) is 0 Å². The fourth-order valence-electron chi connectivity index (χ4n) is 3.70. The second kappa shape index (κ2) is 7.38. The fraction of sp³-hybridized carbons (Fsp3) is 0.238. The van der Waals surface area contributed by atoms with E-state index < -0.39 is 12.1 Å². The Morgan fingerprint density at radius 2 is 2.21 bits per heavy atom. The number of nitrogens with two attached hydrogens (primary N) is 1. The van der Waals surface area contributed by atoms with Gasteiger partial charge >= 0.3 is 5.97 Å². The van der Waals surface area contributed by atoms with Crippen molar-refractivity contribution in [2.75, 3.05) is 11.9 Å². The fourth-order valence-corrected chi connectivity index (χ4v) is 3.81. The van der Waals surface area contributed by atoms with E-state index in [1.807, 2.05) is 31.2 Å². The van der Waals surface area contributed by atoms with E-state index in [9.17, 15) is 14.7 Å². The number of ether oxygens (including phenoxy) is 1. The number of cyclic esters (lactones) is 1. The highest BCUT2D eigenvalue weighted by atomic mass is 32.1. The third-order valence-corrected chi connectivity index (χ3v) is 5.23. The maximum Gasteiger partial charge on any atom is 0.340 e. The lowest BCUT2D eigenvalue weighted by Crippen LogP contribution is -2.35. The summed E-state index contributed by atoms with van der Waals surface area (Å²) >= 11 is 4.95. The zero-order chi connectivity index (χ0) is 20.7. The summed E-state index contributed by atoms with van der Waals surface area (Å²) < 4.78 is 4.88. The molecule has 0 fully saturated rings. The van der Waals surface area contributed by atoms with E-state index in [-0.39, 0.29) is 23.9 Å². The lowest BCUT2D eigenvalue weighted by Gasteiger charge is -2.26. The van der Waals surface area contributed by atoms with E-state index in [2.05, 4.69) is 5.32 Å². The summed E-state index contributed by atoms with van der Waals surface area (Å²) in [5.41, 5.74) is 10.0. The van der Waals surface area contributed by atoms with Gasteiger partial charge in [-0.05, 0) is 54.1 Å². The smallest absolute Gasteiger partial charge is 0.340 e. The van der Waals surface area contributed by atoms with Gasteiger partial charge in [-0.1, -0.05) is 13.0 Å². The van der Waals surface area contributed by atoms with Crippen LogP contribution in [0.5, 0.6) is 0 Å². The SMILES string of the molecule is CCc1cc2c(NC(N)=S)cccc2nc1C1=CC2=C(COC(=O)C2O)C(=O)C1. The summed E-state index contributed by atoms with van der Waals surface area (Å²) in [6.07, 6.45) is 1.07. The minimum Gasteiger partial charge on any atom is -0.458 e. The predicted molar refractivity (Wildman–Crippen MR) is 113 cm³/mol. The molecule has 2 aromatic rings. The van der Waals surface area contributed by atoms with Crippen molar-refractivity contribution in [1.82, 2.24) is 4.98 Å². The molecule has 4 rings (SSSR count). The van der Waals surface area contributed by atoms with Gasteiger partial charge < -0.3 is 20.9 Å². The largest absolute Gasteiger partial charge is 0.458 e. The number of hydrogen-bond acceptors (Lipinski definition) is 6. The van der Waals surface area contributed by atoms with Gasteiger partial charge in [-0.15, -0.1) is 0 Å². The number of benzene rings is 1. The summed E-state index contributed by atoms with van der Waals surface area (Å²) in [6, 6.07) is 7.57. The first-order chi connectivity index (χ1) is 13.9. The third-order valence-electron chi connectivity index (χ3n) is 5.12. The molecule has 0 spiro atoms. The summed E-state index contributed by atoms with van der Waals surface area (Å²) in [4.78, 5) is 29.2. The highest BCUT2D eigenvalue weighted by Gasteiger charge is 2.35. The number of aliphatic hydroxyl groups is 1. The van der Waals surface area contributed by atoms with E-state index >= 15 is 0 Å². The number of allylic oxidation sites excluding steroid dienone is 1. The molecule has 1 atom stereocenters. The second-order valence-corrected chi connectivity index (χ2v) is 7.36. The maximum absolute atomic E-state index is 12.6. The number of thiocarbonyl (C=S) groups is 1. The molecular formula is C21H19N3O4S. The number of hydrogen-bond donors (Lipinski definition) is 3. The molecule has 1 unspecified atom stereocenters. The molecule has 8 heteroatoms. The van der Waals surface area contributed by atoms with Crippen molar-refractivity contribution in [3.05, 3.63) is 52.7 Å². The average Bonchev–Trinajstić information content (AvgIpc) is 2.69. The lowest BCUT2D eigenvalue weighted by atomic mass is 9.85. The zero-order valence-corrected chi connectivity index (χ0v) is 16.5. The van der Waals surface area contributed by atoms with Crippen molar-refractivity contribution in [1.29, 1.82) is 0 Å². The summed E-state index contributed by atoms with van der Waals surface area (Å²) in [5.74, 6) is -0.915. The van der Waals surface area contributed by atoms with Crippen LogP contribution in [-0.4, -0.2) is 39.7 Å². The summed E-state index contributed by atoms with van der Waals surface area (Å²) in [7, 11) is 0. The minimum atomic E-state index is -1.45. The van der Waals surface area contributed by atoms with E-state index in [1.165, 1.54) is 0 Å². The highest BCUT2D eigenvalue weighted by Crippen LogP contribution is 2.35. The molecule has 0 amide bonds. The second-order valence-electron chi connectivity index (χ2n) is 6.92. The molecule has 1 aromatic heterocycles. The quantitative estimate of drug-likeness (QED) is 0.521. The Bertz CT molecular complexity index is 1140. The van der Waals surface area contributed by atoms with Crippen molar-refractivity contribution >= 4 is 51.2 Å². The molecule has 0 radical (unpaired) electrons. The van der Waals surface area contributed by atoms with E-state index in [4.69, 9.17) is 27.7 Å². The maximum atomic E-state index is 12.6. The van der Waals surface area contributed by atoms with Crippen LogP contribution < -0.4 is 11.1 Å². The lowest BCUT2D eigenvalue weighted by molar-refractivity contribution is -0.152. The first kappa shape index (κ1) is 19.2. The molecule has 1 aromatic carbocycles. The Balaban J connectivity index is 1.87. The van der Waals surface area contributed by atoms with Crippen LogP contribution >= 0.6 is 12.2 Å². The molecular weight excluding hydrogens is 390 g/mol. The number of rotatable bonds is 3. The molecule has 0 saturated heterocycles. The number of aliphatic hydroxyl groups excluding tert-OH is 1.